The molecule has 2 aromatic carbocycles. The van der Waals surface area contributed by atoms with Crippen LogP contribution in [0.4, 0.5) is 11.4 Å². The van der Waals surface area contributed by atoms with Crippen LogP contribution in [0.15, 0.2) is 48.5 Å². The van der Waals surface area contributed by atoms with E-state index in [1.807, 2.05) is 62.4 Å². The van der Waals surface area contributed by atoms with Crippen LogP contribution in [0.1, 0.15) is 13.8 Å². The summed E-state index contributed by atoms with van der Waals surface area (Å²) in [6.07, 6.45) is 0. The quantitative estimate of drug-likeness (QED) is 0.611. The minimum atomic E-state index is 0. The van der Waals surface area contributed by atoms with Gasteiger partial charge in [-0.2, -0.15) is 0 Å². The molecule has 0 bridgehead atoms. The second-order valence-electron chi connectivity index (χ2n) is 4.49. The Balaban J connectivity index is 0.00000264. The zero-order chi connectivity index (χ0) is 15.8. The predicted molar refractivity (Wildman–Crippen MR) is 102 cm³/mol. The molecule has 0 saturated carbocycles. The molecule has 0 aromatic heterocycles. The average molecular weight is 357 g/mol. The summed E-state index contributed by atoms with van der Waals surface area (Å²) >= 11 is 5.30. The van der Waals surface area contributed by atoms with Gasteiger partial charge in [-0.05, 0) is 74.6 Å². The fourth-order valence-electron chi connectivity index (χ4n) is 1.90. The van der Waals surface area contributed by atoms with Gasteiger partial charge in [-0.25, -0.2) is 0 Å². The van der Waals surface area contributed by atoms with Gasteiger partial charge in [-0.3, -0.25) is 0 Å². The molecule has 0 spiro atoms. The van der Waals surface area contributed by atoms with Crippen LogP contribution in [0.2, 0.25) is 0 Å². The Hall–Kier alpha value is -0.634. The SMILES string of the molecule is CCOc1ccc(NC(=S)Nc2ccc(OCC)cc2)cc1.[KH]. The summed E-state index contributed by atoms with van der Waals surface area (Å²) in [5, 5.41) is 6.80. The van der Waals surface area contributed by atoms with Crippen LogP contribution in [0.25, 0.3) is 0 Å². The summed E-state index contributed by atoms with van der Waals surface area (Å²) in [4.78, 5) is 0. The van der Waals surface area contributed by atoms with Crippen molar-refractivity contribution in [2.75, 3.05) is 23.8 Å². The summed E-state index contributed by atoms with van der Waals surface area (Å²) < 4.78 is 10.8. The molecule has 2 aromatic rings. The standard InChI is InChI=1S/C17H20N2O2S.K.H/c1-3-20-15-9-5-13(6-10-15)18-17(22)19-14-7-11-16(12-8-14)21-4-2;;/h5-12H,3-4H2,1-2H3,(H2,18,19,22);;. The van der Waals surface area contributed by atoms with E-state index in [1.54, 1.807) is 0 Å². The third kappa shape index (κ3) is 7.20. The van der Waals surface area contributed by atoms with Gasteiger partial charge in [-0.1, -0.05) is 0 Å². The molecule has 2 N–H and O–H groups in total. The van der Waals surface area contributed by atoms with Crippen molar-refractivity contribution in [3.05, 3.63) is 48.5 Å². The van der Waals surface area contributed by atoms with Crippen molar-refractivity contribution in [1.29, 1.82) is 0 Å². The third-order valence-corrected chi connectivity index (χ3v) is 3.05. The van der Waals surface area contributed by atoms with Crippen molar-refractivity contribution >= 4 is 80.1 Å². The molecule has 0 fully saturated rings. The summed E-state index contributed by atoms with van der Waals surface area (Å²) in [6.45, 7) is 5.24. The number of benzene rings is 2. The van der Waals surface area contributed by atoms with Crippen molar-refractivity contribution in [2.45, 2.75) is 13.8 Å². The van der Waals surface area contributed by atoms with Crippen molar-refractivity contribution in [3.63, 3.8) is 0 Å². The molecule has 118 valence electrons. The van der Waals surface area contributed by atoms with Crippen LogP contribution in [0, 0.1) is 0 Å². The predicted octanol–water partition coefficient (Wildman–Crippen LogP) is 3.64. The van der Waals surface area contributed by atoms with Gasteiger partial charge in [0.2, 0.25) is 0 Å². The van der Waals surface area contributed by atoms with Crippen LogP contribution >= 0.6 is 12.2 Å². The van der Waals surface area contributed by atoms with Crippen molar-refractivity contribution in [3.8, 4) is 11.5 Å². The molecule has 0 aliphatic carbocycles. The van der Waals surface area contributed by atoms with E-state index < -0.39 is 0 Å². The van der Waals surface area contributed by atoms with Gasteiger partial charge in [0.25, 0.3) is 0 Å². The van der Waals surface area contributed by atoms with E-state index in [-0.39, 0.29) is 51.4 Å². The molecule has 0 aliphatic rings. The number of hydrogen-bond donors (Lipinski definition) is 2. The third-order valence-electron chi connectivity index (χ3n) is 2.85. The molecular formula is C17H21KN2O2S. The maximum atomic E-state index is 5.40. The molecule has 0 heterocycles. The molecule has 0 amide bonds. The first-order chi connectivity index (χ1) is 10.7. The summed E-state index contributed by atoms with van der Waals surface area (Å²) in [5.41, 5.74) is 1.82. The number of rotatable bonds is 6. The summed E-state index contributed by atoms with van der Waals surface area (Å²) in [5.74, 6) is 1.69. The average Bonchev–Trinajstić information content (AvgIpc) is 2.52. The van der Waals surface area contributed by atoms with Gasteiger partial charge >= 0.3 is 51.4 Å². The molecule has 6 heteroatoms. The molecule has 2 rings (SSSR count). The second kappa shape index (κ2) is 11.0. The monoisotopic (exact) mass is 356 g/mol. The Kier molecular flexibility index (Phi) is 9.77. The van der Waals surface area contributed by atoms with E-state index in [2.05, 4.69) is 10.6 Å². The molecule has 0 saturated heterocycles. The Labute approximate surface area is 185 Å². The molecule has 4 nitrogen and oxygen atoms in total. The second-order valence-corrected chi connectivity index (χ2v) is 4.90. The van der Waals surface area contributed by atoms with Gasteiger partial charge < -0.3 is 20.1 Å². The zero-order valence-electron chi connectivity index (χ0n) is 12.8. The van der Waals surface area contributed by atoms with Crippen molar-refractivity contribution < 1.29 is 9.47 Å². The number of nitrogens with one attached hydrogen (secondary N) is 2. The molecule has 0 radical (unpaired) electrons. The summed E-state index contributed by atoms with van der Waals surface area (Å²) in [7, 11) is 0. The van der Waals surface area contributed by atoms with Gasteiger partial charge in [-0.15, -0.1) is 0 Å². The van der Waals surface area contributed by atoms with Gasteiger partial charge in [0, 0.05) is 11.4 Å². The van der Waals surface area contributed by atoms with Gasteiger partial charge in [0.1, 0.15) is 11.5 Å². The van der Waals surface area contributed by atoms with Crippen molar-refractivity contribution in [1.82, 2.24) is 0 Å². The fourth-order valence-corrected chi connectivity index (χ4v) is 2.13. The normalized spacial score (nSPS) is 9.48. The van der Waals surface area contributed by atoms with E-state index in [0.717, 1.165) is 22.9 Å². The molecular weight excluding hydrogens is 335 g/mol. The van der Waals surface area contributed by atoms with Crippen molar-refractivity contribution in [2.24, 2.45) is 0 Å². The van der Waals surface area contributed by atoms with Crippen LogP contribution in [-0.4, -0.2) is 69.7 Å². The van der Waals surface area contributed by atoms with Crippen LogP contribution < -0.4 is 20.1 Å². The summed E-state index contributed by atoms with van der Waals surface area (Å²) in [6, 6.07) is 15.3. The maximum absolute atomic E-state index is 5.40. The molecule has 0 atom stereocenters. The Morgan fingerprint density at radius 2 is 1.13 bits per heavy atom. The Bertz CT molecular complexity index is 549. The number of hydrogen-bond acceptors (Lipinski definition) is 3. The Morgan fingerprint density at radius 1 is 0.783 bits per heavy atom. The molecule has 23 heavy (non-hydrogen) atoms. The van der Waals surface area contributed by atoms with E-state index >= 15 is 0 Å². The fraction of sp³-hybridized carbons (Fsp3) is 0.235. The van der Waals surface area contributed by atoms with Crippen LogP contribution in [0.3, 0.4) is 0 Å². The topological polar surface area (TPSA) is 42.5 Å². The molecule has 0 aliphatic heterocycles. The number of ether oxygens (including phenoxy) is 2. The van der Waals surface area contributed by atoms with E-state index in [4.69, 9.17) is 21.7 Å². The molecule has 0 unspecified atom stereocenters. The van der Waals surface area contributed by atoms with Crippen LogP contribution in [-0.2, 0) is 0 Å². The van der Waals surface area contributed by atoms with E-state index in [1.165, 1.54) is 0 Å². The van der Waals surface area contributed by atoms with Gasteiger partial charge in [0.15, 0.2) is 5.11 Å². The first-order valence-corrected chi connectivity index (χ1v) is 7.65. The van der Waals surface area contributed by atoms with E-state index in [9.17, 15) is 0 Å². The minimum absolute atomic E-state index is 0. The van der Waals surface area contributed by atoms with E-state index in [0.29, 0.717) is 18.3 Å². The van der Waals surface area contributed by atoms with Gasteiger partial charge in [0.05, 0.1) is 13.2 Å². The zero-order valence-corrected chi connectivity index (χ0v) is 13.6. The Morgan fingerprint density at radius 3 is 1.43 bits per heavy atom. The number of anilines is 2. The first-order valence-electron chi connectivity index (χ1n) is 7.25. The van der Waals surface area contributed by atoms with Crippen LogP contribution in [0.5, 0.6) is 11.5 Å². The number of thiocarbonyl (C=S) groups is 1. The first kappa shape index (κ1) is 20.4.